The Labute approximate surface area is 134 Å². The zero-order valence-corrected chi connectivity index (χ0v) is 13.5. The summed E-state index contributed by atoms with van der Waals surface area (Å²) in [5.74, 6) is 0.440. The van der Waals surface area contributed by atoms with Crippen molar-refractivity contribution in [3.63, 3.8) is 0 Å². The van der Waals surface area contributed by atoms with E-state index in [1.54, 1.807) is 24.8 Å². The van der Waals surface area contributed by atoms with E-state index in [4.69, 9.17) is 4.74 Å². The van der Waals surface area contributed by atoms with Crippen LogP contribution in [-0.2, 0) is 11.8 Å². The highest BCUT2D eigenvalue weighted by Crippen LogP contribution is 2.39. The molecule has 0 spiro atoms. The molecular formula is C17H21N3O3. The number of amides is 1. The van der Waals surface area contributed by atoms with Crippen molar-refractivity contribution in [1.29, 1.82) is 0 Å². The number of carbonyl (C=O) groups excluding carboxylic acids is 1. The monoisotopic (exact) mass is 315 g/mol. The zero-order valence-electron chi connectivity index (χ0n) is 13.5. The number of rotatable bonds is 3. The van der Waals surface area contributed by atoms with E-state index < -0.39 is 0 Å². The first-order valence-electron chi connectivity index (χ1n) is 7.92. The highest BCUT2D eigenvalue weighted by atomic mass is 16.5. The fourth-order valence-corrected chi connectivity index (χ4v) is 3.15. The van der Waals surface area contributed by atoms with Crippen LogP contribution in [0.25, 0.3) is 10.9 Å². The number of hydrogen-bond acceptors (Lipinski definition) is 4. The number of aryl methyl sites for hydroxylation is 1. The lowest BCUT2D eigenvalue weighted by atomic mass is 9.89. The molecule has 0 saturated heterocycles. The molecule has 0 bridgehead atoms. The summed E-state index contributed by atoms with van der Waals surface area (Å²) in [6.07, 6.45) is 5.09. The summed E-state index contributed by atoms with van der Waals surface area (Å²) in [4.78, 5) is 12.2. The second kappa shape index (κ2) is 6.40. The SMILES string of the molecule is COc1ccc2c(c1)c(N=NC(=O)C1CCCCC1)c(O)n2C. The van der Waals surface area contributed by atoms with Crippen molar-refractivity contribution in [3.8, 4) is 11.6 Å². The fourth-order valence-electron chi connectivity index (χ4n) is 3.15. The normalized spacial score (nSPS) is 16.3. The summed E-state index contributed by atoms with van der Waals surface area (Å²) in [6, 6.07) is 5.44. The van der Waals surface area contributed by atoms with Gasteiger partial charge in [-0.1, -0.05) is 19.3 Å². The molecule has 6 heteroatoms. The molecule has 0 radical (unpaired) electrons. The minimum absolute atomic E-state index is 0.00607. The van der Waals surface area contributed by atoms with E-state index in [1.165, 1.54) is 6.42 Å². The molecule has 0 atom stereocenters. The first-order chi connectivity index (χ1) is 11.1. The van der Waals surface area contributed by atoms with Gasteiger partial charge in [-0.15, -0.1) is 10.2 Å². The van der Waals surface area contributed by atoms with Crippen LogP contribution in [0.5, 0.6) is 11.6 Å². The minimum atomic E-state index is -0.191. The second-order valence-electron chi connectivity index (χ2n) is 5.99. The Kier molecular flexibility index (Phi) is 4.32. The van der Waals surface area contributed by atoms with Crippen molar-refractivity contribution in [2.45, 2.75) is 32.1 Å². The van der Waals surface area contributed by atoms with Gasteiger partial charge in [0.05, 0.1) is 12.6 Å². The molecule has 2 aromatic rings. The Bertz CT molecular complexity index is 758. The van der Waals surface area contributed by atoms with E-state index >= 15 is 0 Å². The number of fused-ring (bicyclic) bond motifs is 1. The number of ether oxygens (including phenoxy) is 1. The number of azo groups is 1. The summed E-state index contributed by atoms with van der Waals surface area (Å²) >= 11 is 0. The van der Waals surface area contributed by atoms with Crippen LogP contribution >= 0.6 is 0 Å². The lowest BCUT2D eigenvalue weighted by Gasteiger charge is -2.17. The molecule has 1 amide bonds. The van der Waals surface area contributed by atoms with Gasteiger partial charge in [0, 0.05) is 18.4 Å². The second-order valence-corrected chi connectivity index (χ2v) is 5.99. The van der Waals surface area contributed by atoms with Crippen LogP contribution in [0, 0.1) is 5.92 Å². The topological polar surface area (TPSA) is 76.2 Å². The number of benzene rings is 1. The molecule has 1 aromatic carbocycles. The van der Waals surface area contributed by atoms with Gasteiger partial charge in [-0.3, -0.25) is 4.79 Å². The van der Waals surface area contributed by atoms with E-state index in [0.29, 0.717) is 16.8 Å². The van der Waals surface area contributed by atoms with Crippen molar-refractivity contribution in [1.82, 2.24) is 4.57 Å². The lowest BCUT2D eigenvalue weighted by Crippen LogP contribution is -2.15. The molecular weight excluding hydrogens is 294 g/mol. The largest absolute Gasteiger partial charge is 0.497 e. The number of carbonyl (C=O) groups is 1. The average molecular weight is 315 g/mol. The molecule has 1 saturated carbocycles. The van der Waals surface area contributed by atoms with Gasteiger partial charge >= 0.3 is 0 Å². The molecule has 23 heavy (non-hydrogen) atoms. The Balaban J connectivity index is 1.93. The third kappa shape index (κ3) is 2.93. The van der Waals surface area contributed by atoms with Crippen molar-refractivity contribution in [2.24, 2.45) is 23.2 Å². The summed E-state index contributed by atoms with van der Waals surface area (Å²) in [5.41, 5.74) is 1.12. The smallest absolute Gasteiger partial charge is 0.267 e. The number of aromatic nitrogens is 1. The minimum Gasteiger partial charge on any atom is -0.497 e. The first-order valence-corrected chi connectivity index (χ1v) is 7.92. The Morgan fingerprint density at radius 1 is 1.30 bits per heavy atom. The highest BCUT2D eigenvalue weighted by Gasteiger charge is 2.21. The van der Waals surface area contributed by atoms with E-state index in [9.17, 15) is 9.90 Å². The van der Waals surface area contributed by atoms with Crippen molar-refractivity contribution >= 4 is 22.5 Å². The number of aromatic hydroxyl groups is 1. The van der Waals surface area contributed by atoms with E-state index in [0.717, 1.165) is 31.2 Å². The zero-order chi connectivity index (χ0) is 16.4. The maximum Gasteiger partial charge on any atom is 0.267 e. The molecule has 0 aliphatic heterocycles. The standard InChI is InChI=1S/C17H21N3O3/c1-20-14-9-8-12(23-2)10-13(14)15(17(20)22)18-19-16(21)11-6-4-3-5-7-11/h8-11,22H,3-7H2,1-2H3. The molecule has 1 fully saturated rings. The molecule has 1 aliphatic rings. The van der Waals surface area contributed by atoms with Crippen LogP contribution in [0.1, 0.15) is 32.1 Å². The Morgan fingerprint density at radius 3 is 2.74 bits per heavy atom. The molecule has 1 heterocycles. The maximum atomic E-state index is 12.2. The quantitative estimate of drug-likeness (QED) is 0.867. The van der Waals surface area contributed by atoms with Gasteiger partial charge < -0.3 is 14.4 Å². The molecule has 1 N–H and O–H groups in total. The van der Waals surface area contributed by atoms with Crippen LogP contribution < -0.4 is 4.74 Å². The van der Waals surface area contributed by atoms with Gasteiger partial charge in [-0.2, -0.15) is 0 Å². The van der Waals surface area contributed by atoms with Crippen LogP contribution in [0.3, 0.4) is 0 Å². The molecule has 122 valence electrons. The van der Waals surface area contributed by atoms with Crippen molar-refractivity contribution in [2.75, 3.05) is 7.11 Å². The van der Waals surface area contributed by atoms with Gasteiger partial charge in [0.2, 0.25) is 5.88 Å². The highest BCUT2D eigenvalue weighted by molar-refractivity contribution is 5.96. The summed E-state index contributed by atoms with van der Waals surface area (Å²) in [5, 5.41) is 18.9. The molecule has 3 rings (SSSR count). The molecule has 6 nitrogen and oxygen atoms in total. The van der Waals surface area contributed by atoms with Gasteiger partial charge in [0.15, 0.2) is 5.69 Å². The Morgan fingerprint density at radius 2 is 2.04 bits per heavy atom. The molecule has 1 aromatic heterocycles. The maximum absolute atomic E-state index is 12.2. The van der Waals surface area contributed by atoms with Gasteiger partial charge in [0.1, 0.15) is 5.75 Å². The van der Waals surface area contributed by atoms with Crippen LogP contribution in [-0.4, -0.2) is 22.7 Å². The Hall–Kier alpha value is -2.37. The summed E-state index contributed by atoms with van der Waals surface area (Å²) < 4.78 is 6.84. The van der Waals surface area contributed by atoms with Crippen LogP contribution in [0.2, 0.25) is 0 Å². The van der Waals surface area contributed by atoms with Gasteiger partial charge in [0.25, 0.3) is 5.91 Å². The van der Waals surface area contributed by atoms with Crippen LogP contribution in [0.15, 0.2) is 28.4 Å². The van der Waals surface area contributed by atoms with Crippen LogP contribution in [0.4, 0.5) is 5.69 Å². The van der Waals surface area contributed by atoms with Crippen molar-refractivity contribution in [3.05, 3.63) is 18.2 Å². The predicted octanol–water partition coefficient (Wildman–Crippen LogP) is 4.08. The number of hydrogen-bond donors (Lipinski definition) is 1. The first kappa shape index (κ1) is 15.5. The summed E-state index contributed by atoms with van der Waals surface area (Å²) in [7, 11) is 3.32. The van der Waals surface area contributed by atoms with Crippen molar-refractivity contribution < 1.29 is 14.6 Å². The number of methoxy groups -OCH3 is 1. The van der Waals surface area contributed by atoms with E-state index in [2.05, 4.69) is 10.2 Å². The fraction of sp³-hybridized carbons (Fsp3) is 0.471. The average Bonchev–Trinajstić information content (AvgIpc) is 2.84. The van der Waals surface area contributed by atoms with Gasteiger partial charge in [-0.05, 0) is 31.0 Å². The lowest BCUT2D eigenvalue weighted by molar-refractivity contribution is -0.122. The molecule has 0 unspecified atom stereocenters. The predicted molar refractivity (Wildman–Crippen MR) is 87.2 cm³/mol. The van der Waals surface area contributed by atoms with Gasteiger partial charge in [-0.25, -0.2) is 0 Å². The third-order valence-electron chi connectivity index (χ3n) is 4.55. The third-order valence-corrected chi connectivity index (χ3v) is 4.55. The number of nitrogens with zero attached hydrogens (tertiary/aromatic N) is 3. The molecule has 1 aliphatic carbocycles. The van der Waals surface area contributed by atoms with E-state index in [-0.39, 0.29) is 17.7 Å². The summed E-state index contributed by atoms with van der Waals surface area (Å²) in [6.45, 7) is 0. The van der Waals surface area contributed by atoms with E-state index in [1.807, 2.05) is 12.1 Å².